The Bertz CT molecular complexity index is 1130. The van der Waals surface area contributed by atoms with Crippen LogP contribution in [0.5, 0.6) is 0 Å². The quantitative estimate of drug-likeness (QED) is 0.569. The number of alkyl halides is 3. The number of benzene rings is 2. The summed E-state index contributed by atoms with van der Waals surface area (Å²) in [6.45, 7) is -0.422. The number of hydrogen-bond donors (Lipinski definition) is 0. The fourth-order valence-electron chi connectivity index (χ4n) is 2.43. The molecular weight excluding hydrogens is 421 g/mol. The Kier molecular flexibility index (Phi) is 5.30. The van der Waals surface area contributed by atoms with E-state index >= 15 is 0 Å². The van der Waals surface area contributed by atoms with Crippen LogP contribution in [0.4, 0.5) is 27.6 Å². The molecule has 0 unspecified atom stereocenters. The minimum Gasteiger partial charge on any atom is -0.413 e. The molecule has 0 radical (unpaired) electrons. The van der Waals surface area contributed by atoms with Crippen LogP contribution >= 0.6 is 0 Å². The third-order valence-electron chi connectivity index (χ3n) is 3.80. The molecule has 0 amide bonds. The molecule has 0 N–H and O–H groups in total. The molecule has 0 saturated carbocycles. The number of anilines is 1. The summed E-state index contributed by atoms with van der Waals surface area (Å²) in [5, 5.41) is 6.10. The van der Waals surface area contributed by atoms with Crippen LogP contribution in [0, 0.1) is 11.6 Å². The highest BCUT2D eigenvalue weighted by Gasteiger charge is 2.38. The van der Waals surface area contributed by atoms with E-state index in [1.807, 2.05) is 0 Å². The summed E-state index contributed by atoms with van der Waals surface area (Å²) in [4.78, 5) is 0. The SMILES string of the molecule is CS(=O)(=O)N(Cc1ccc(-c2nnc(C(F)(F)F)o2)cc1F)c1ccc(F)cc1. The van der Waals surface area contributed by atoms with Crippen LogP contribution in [0.15, 0.2) is 46.9 Å². The average molecular weight is 433 g/mol. The molecule has 154 valence electrons. The van der Waals surface area contributed by atoms with Crippen LogP contribution in [0.25, 0.3) is 11.5 Å². The lowest BCUT2D eigenvalue weighted by molar-refractivity contribution is -0.156. The predicted molar refractivity (Wildman–Crippen MR) is 92.1 cm³/mol. The Morgan fingerprint density at radius 2 is 1.69 bits per heavy atom. The van der Waals surface area contributed by atoms with E-state index in [0.29, 0.717) is 0 Å². The monoisotopic (exact) mass is 433 g/mol. The molecule has 2 aromatic carbocycles. The molecule has 6 nitrogen and oxygen atoms in total. The highest BCUT2D eigenvalue weighted by molar-refractivity contribution is 7.92. The van der Waals surface area contributed by atoms with Gasteiger partial charge < -0.3 is 4.42 Å². The zero-order valence-corrected chi connectivity index (χ0v) is 15.4. The minimum absolute atomic E-state index is 0.0703. The third-order valence-corrected chi connectivity index (χ3v) is 4.94. The largest absolute Gasteiger partial charge is 0.470 e. The number of nitrogens with zero attached hydrogens (tertiary/aromatic N) is 3. The second kappa shape index (κ2) is 7.43. The van der Waals surface area contributed by atoms with E-state index in [9.17, 15) is 30.4 Å². The van der Waals surface area contributed by atoms with Gasteiger partial charge in [-0.25, -0.2) is 17.2 Å². The number of rotatable bonds is 5. The van der Waals surface area contributed by atoms with Gasteiger partial charge in [-0.1, -0.05) is 6.07 Å². The molecule has 3 aromatic rings. The molecule has 1 aromatic heterocycles. The maximum Gasteiger partial charge on any atom is 0.470 e. The fourth-order valence-corrected chi connectivity index (χ4v) is 3.30. The van der Waals surface area contributed by atoms with Crippen molar-refractivity contribution in [3.63, 3.8) is 0 Å². The summed E-state index contributed by atoms with van der Waals surface area (Å²) >= 11 is 0. The van der Waals surface area contributed by atoms with Crippen molar-refractivity contribution in [3.8, 4) is 11.5 Å². The van der Waals surface area contributed by atoms with Crippen molar-refractivity contribution < 1.29 is 34.8 Å². The maximum absolute atomic E-state index is 14.5. The highest BCUT2D eigenvalue weighted by atomic mass is 32.2. The first-order valence-electron chi connectivity index (χ1n) is 7.88. The number of halogens is 5. The molecule has 0 spiro atoms. The van der Waals surface area contributed by atoms with Crippen LogP contribution in [-0.2, 0) is 22.7 Å². The molecule has 3 rings (SSSR count). The van der Waals surface area contributed by atoms with Gasteiger partial charge in [0, 0.05) is 11.1 Å². The summed E-state index contributed by atoms with van der Waals surface area (Å²) in [6.07, 6.45) is -3.94. The lowest BCUT2D eigenvalue weighted by Gasteiger charge is -2.22. The minimum atomic E-state index is -4.84. The van der Waals surface area contributed by atoms with Crippen LogP contribution < -0.4 is 4.31 Å². The van der Waals surface area contributed by atoms with Crippen molar-refractivity contribution in [1.82, 2.24) is 10.2 Å². The lowest BCUT2D eigenvalue weighted by atomic mass is 10.1. The maximum atomic E-state index is 14.5. The molecule has 1 heterocycles. The molecule has 0 atom stereocenters. The van der Waals surface area contributed by atoms with E-state index in [1.165, 1.54) is 24.3 Å². The van der Waals surface area contributed by atoms with E-state index in [0.717, 1.165) is 28.8 Å². The molecule has 0 aliphatic carbocycles. The topological polar surface area (TPSA) is 76.3 Å². The van der Waals surface area contributed by atoms with Crippen molar-refractivity contribution in [3.05, 3.63) is 65.6 Å². The summed E-state index contributed by atoms with van der Waals surface area (Å²) in [5.41, 5.74) is -0.0647. The van der Waals surface area contributed by atoms with E-state index in [1.54, 1.807) is 0 Å². The smallest absolute Gasteiger partial charge is 0.413 e. The fraction of sp³-hybridized carbons (Fsp3) is 0.176. The molecule has 0 bridgehead atoms. The van der Waals surface area contributed by atoms with E-state index in [-0.39, 0.29) is 16.8 Å². The van der Waals surface area contributed by atoms with Crippen molar-refractivity contribution in [2.75, 3.05) is 10.6 Å². The van der Waals surface area contributed by atoms with Gasteiger partial charge in [0.1, 0.15) is 11.6 Å². The molecule has 0 saturated heterocycles. The molecular formula is C17H12F5N3O3S. The van der Waals surface area contributed by atoms with Crippen LogP contribution in [0.1, 0.15) is 11.5 Å². The lowest BCUT2D eigenvalue weighted by Crippen LogP contribution is -2.29. The molecule has 12 heteroatoms. The van der Waals surface area contributed by atoms with Crippen LogP contribution in [0.3, 0.4) is 0 Å². The summed E-state index contributed by atoms with van der Waals surface area (Å²) in [7, 11) is -3.84. The Hall–Kier alpha value is -3.02. The van der Waals surface area contributed by atoms with Crippen molar-refractivity contribution in [2.45, 2.75) is 12.7 Å². The van der Waals surface area contributed by atoms with Gasteiger partial charge in [0.05, 0.1) is 18.5 Å². The Morgan fingerprint density at radius 3 is 2.21 bits per heavy atom. The number of aromatic nitrogens is 2. The molecule has 0 aliphatic rings. The first-order valence-corrected chi connectivity index (χ1v) is 9.73. The zero-order valence-electron chi connectivity index (χ0n) is 14.6. The Labute approximate surface area is 161 Å². The number of hydrogen-bond acceptors (Lipinski definition) is 5. The van der Waals surface area contributed by atoms with Gasteiger partial charge in [0.2, 0.25) is 15.9 Å². The van der Waals surface area contributed by atoms with Gasteiger partial charge in [0.25, 0.3) is 0 Å². The van der Waals surface area contributed by atoms with Crippen LogP contribution in [-0.4, -0.2) is 24.9 Å². The molecule has 0 aliphatic heterocycles. The van der Waals surface area contributed by atoms with E-state index < -0.39 is 46.2 Å². The zero-order chi connectivity index (χ0) is 21.4. The second-order valence-electron chi connectivity index (χ2n) is 5.96. The molecule has 0 fully saturated rings. The van der Waals surface area contributed by atoms with Gasteiger partial charge in [0.15, 0.2) is 0 Å². The second-order valence-corrected chi connectivity index (χ2v) is 7.87. The average Bonchev–Trinajstić information content (AvgIpc) is 3.11. The van der Waals surface area contributed by atoms with Crippen molar-refractivity contribution in [2.24, 2.45) is 0 Å². The highest BCUT2D eigenvalue weighted by Crippen LogP contribution is 2.31. The standard InChI is InChI=1S/C17H12F5N3O3S/c1-29(26,27)25(13-6-4-12(18)5-7-13)9-11-3-2-10(8-14(11)19)15-23-24-16(28-15)17(20,21)22/h2-8H,9H2,1H3. The van der Waals surface area contributed by atoms with Gasteiger partial charge in [-0.3, -0.25) is 4.31 Å². The van der Waals surface area contributed by atoms with Gasteiger partial charge in [-0.05, 0) is 36.4 Å². The molecule has 29 heavy (non-hydrogen) atoms. The third kappa shape index (κ3) is 4.70. The van der Waals surface area contributed by atoms with Crippen molar-refractivity contribution >= 4 is 15.7 Å². The van der Waals surface area contributed by atoms with E-state index in [2.05, 4.69) is 14.6 Å². The van der Waals surface area contributed by atoms with Gasteiger partial charge in [-0.15, -0.1) is 10.2 Å². The van der Waals surface area contributed by atoms with Crippen molar-refractivity contribution in [1.29, 1.82) is 0 Å². The predicted octanol–water partition coefficient (Wildman–Crippen LogP) is 4.00. The normalized spacial score (nSPS) is 12.2. The van der Waals surface area contributed by atoms with E-state index in [4.69, 9.17) is 0 Å². The number of sulfonamides is 1. The Balaban J connectivity index is 1.91. The van der Waals surface area contributed by atoms with Crippen LogP contribution in [0.2, 0.25) is 0 Å². The first kappa shape index (κ1) is 20.7. The summed E-state index contributed by atoms with van der Waals surface area (Å²) < 4.78 is 94.8. The Morgan fingerprint density at radius 1 is 1.03 bits per heavy atom. The first-order chi connectivity index (χ1) is 13.4. The summed E-state index contributed by atoms with van der Waals surface area (Å²) in [6, 6.07) is 7.82. The van der Waals surface area contributed by atoms with Gasteiger partial charge in [-0.2, -0.15) is 13.2 Å². The summed E-state index contributed by atoms with van der Waals surface area (Å²) in [5.74, 6) is -3.58. The van der Waals surface area contributed by atoms with Gasteiger partial charge >= 0.3 is 12.1 Å².